The van der Waals surface area contributed by atoms with Crippen LogP contribution in [-0.2, 0) is 13.0 Å². The van der Waals surface area contributed by atoms with E-state index >= 15 is 0 Å². The molecule has 0 fully saturated rings. The minimum Gasteiger partial charge on any atom is -0.325 e. The highest BCUT2D eigenvalue weighted by Gasteiger charge is 2.12. The van der Waals surface area contributed by atoms with E-state index in [4.69, 9.17) is 17.3 Å². The molecule has 2 aromatic rings. The van der Waals surface area contributed by atoms with Gasteiger partial charge < -0.3 is 5.73 Å². The van der Waals surface area contributed by atoms with Gasteiger partial charge in [0.05, 0.1) is 16.4 Å². The Balaban J connectivity index is 2.55. The second-order valence-corrected chi connectivity index (χ2v) is 4.62. The van der Waals surface area contributed by atoms with Crippen molar-refractivity contribution >= 4 is 11.6 Å². The first-order chi connectivity index (χ1) is 8.58. The maximum absolute atomic E-state index is 6.02. The molecular weight excluding hydrogens is 248 g/mol. The monoisotopic (exact) mass is 264 g/mol. The van der Waals surface area contributed by atoms with Crippen molar-refractivity contribution in [1.29, 1.82) is 0 Å². The minimum atomic E-state index is 0.326. The van der Waals surface area contributed by atoms with E-state index in [0.29, 0.717) is 17.3 Å². The molecular formula is C13H17ClN4. The molecule has 96 valence electrons. The van der Waals surface area contributed by atoms with E-state index < -0.39 is 0 Å². The minimum absolute atomic E-state index is 0.326. The van der Waals surface area contributed by atoms with Gasteiger partial charge in [-0.1, -0.05) is 18.5 Å². The Bertz CT molecular complexity index is 575. The molecule has 2 heterocycles. The Hall–Kier alpha value is -1.39. The number of halogens is 1. The second-order valence-electron chi connectivity index (χ2n) is 4.22. The highest BCUT2D eigenvalue weighted by Crippen LogP contribution is 2.20. The Morgan fingerprint density at radius 3 is 2.61 bits per heavy atom. The molecule has 2 aromatic heterocycles. The standard InChI is InChI=1S/C13H17ClN4/c1-4-10-8(2)17-18(9(10)3)13-6-5-11(14)12(7-15)16-13/h5-6H,4,7,15H2,1-3H3. The van der Waals surface area contributed by atoms with E-state index in [0.717, 1.165) is 23.6 Å². The van der Waals surface area contributed by atoms with Gasteiger partial charge in [-0.3, -0.25) is 0 Å². The summed E-state index contributed by atoms with van der Waals surface area (Å²) in [4.78, 5) is 4.45. The van der Waals surface area contributed by atoms with Crippen molar-refractivity contribution < 1.29 is 0 Å². The number of aryl methyl sites for hydroxylation is 1. The molecule has 0 aliphatic rings. The lowest BCUT2D eigenvalue weighted by atomic mass is 10.1. The van der Waals surface area contributed by atoms with E-state index in [-0.39, 0.29) is 0 Å². The first-order valence-electron chi connectivity index (χ1n) is 5.99. The molecule has 0 unspecified atom stereocenters. The average Bonchev–Trinajstić information content (AvgIpc) is 2.65. The molecule has 0 bridgehead atoms. The number of nitrogens with two attached hydrogens (primary N) is 1. The van der Waals surface area contributed by atoms with Gasteiger partial charge in [0.2, 0.25) is 0 Å². The van der Waals surface area contributed by atoms with Gasteiger partial charge in [-0.2, -0.15) is 5.10 Å². The summed E-state index contributed by atoms with van der Waals surface area (Å²) in [6, 6.07) is 3.68. The fourth-order valence-electron chi connectivity index (χ4n) is 2.14. The first kappa shape index (κ1) is 13.1. The zero-order chi connectivity index (χ0) is 13.3. The second kappa shape index (κ2) is 5.08. The number of hydrogen-bond acceptors (Lipinski definition) is 3. The smallest absolute Gasteiger partial charge is 0.154 e. The summed E-state index contributed by atoms with van der Waals surface area (Å²) in [6.07, 6.45) is 0.967. The third-order valence-corrected chi connectivity index (χ3v) is 3.45. The molecule has 0 saturated heterocycles. The molecule has 0 saturated carbocycles. The van der Waals surface area contributed by atoms with Gasteiger partial charge in [0, 0.05) is 12.2 Å². The van der Waals surface area contributed by atoms with Crippen LogP contribution in [0.1, 0.15) is 29.6 Å². The van der Waals surface area contributed by atoms with Crippen LogP contribution in [0.15, 0.2) is 12.1 Å². The Labute approximate surface area is 112 Å². The van der Waals surface area contributed by atoms with Crippen LogP contribution >= 0.6 is 11.6 Å². The molecule has 2 rings (SSSR count). The molecule has 0 aromatic carbocycles. The van der Waals surface area contributed by atoms with Crippen LogP contribution in [-0.4, -0.2) is 14.8 Å². The maximum atomic E-state index is 6.02. The quantitative estimate of drug-likeness (QED) is 0.927. The number of rotatable bonds is 3. The summed E-state index contributed by atoms with van der Waals surface area (Å²) in [5.41, 5.74) is 9.74. The van der Waals surface area contributed by atoms with Gasteiger partial charge in [-0.05, 0) is 38.0 Å². The Morgan fingerprint density at radius 2 is 2.06 bits per heavy atom. The zero-order valence-corrected chi connectivity index (χ0v) is 11.6. The fourth-order valence-corrected chi connectivity index (χ4v) is 2.33. The van der Waals surface area contributed by atoms with Crippen molar-refractivity contribution in [3.05, 3.63) is 39.8 Å². The Kier molecular flexibility index (Phi) is 3.68. The van der Waals surface area contributed by atoms with Gasteiger partial charge >= 0.3 is 0 Å². The molecule has 0 aliphatic heterocycles. The highest BCUT2D eigenvalue weighted by molar-refractivity contribution is 6.31. The van der Waals surface area contributed by atoms with E-state index in [2.05, 4.69) is 23.9 Å². The van der Waals surface area contributed by atoms with Crippen LogP contribution in [0.5, 0.6) is 0 Å². The number of nitrogens with zero attached hydrogens (tertiary/aromatic N) is 3. The van der Waals surface area contributed by atoms with Crippen LogP contribution in [0, 0.1) is 13.8 Å². The average molecular weight is 265 g/mol. The Morgan fingerprint density at radius 1 is 1.33 bits per heavy atom. The molecule has 0 aliphatic carbocycles. The van der Waals surface area contributed by atoms with E-state index in [9.17, 15) is 0 Å². The topological polar surface area (TPSA) is 56.7 Å². The molecule has 4 nitrogen and oxygen atoms in total. The molecule has 0 atom stereocenters. The van der Waals surface area contributed by atoms with Crippen LogP contribution in [0.3, 0.4) is 0 Å². The summed E-state index contributed by atoms with van der Waals surface area (Å²) in [6.45, 7) is 6.52. The largest absolute Gasteiger partial charge is 0.325 e. The van der Waals surface area contributed by atoms with E-state index in [1.165, 1.54) is 5.56 Å². The lowest BCUT2D eigenvalue weighted by Gasteiger charge is -2.07. The van der Waals surface area contributed by atoms with Crippen LogP contribution in [0.25, 0.3) is 5.82 Å². The lowest BCUT2D eigenvalue weighted by Crippen LogP contribution is -2.07. The summed E-state index contributed by atoms with van der Waals surface area (Å²) in [5.74, 6) is 0.764. The van der Waals surface area contributed by atoms with E-state index in [1.54, 1.807) is 0 Å². The van der Waals surface area contributed by atoms with Gasteiger partial charge in [0.15, 0.2) is 5.82 Å². The van der Waals surface area contributed by atoms with Crippen molar-refractivity contribution in [2.75, 3.05) is 0 Å². The molecule has 2 N–H and O–H groups in total. The van der Waals surface area contributed by atoms with Crippen LogP contribution < -0.4 is 5.73 Å². The van der Waals surface area contributed by atoms with Gasteiger partial charge in [-0.25, -0.2) is 9.67 Å². The molecule has 0 spiro atoms. The molecule has 0 amide bonds. The number of pyridine rings is 1. The van der Waals surface area contributed by atoms with Crippen molar-refractivity contribution in [2.24, 2.45) is 5.73 Å². The zero-order valence-electron chi connectivity index (χ0n) is 10.9. The van der Waals surface area contributed by atoms with Crippen LogP contribution in [0.2, 0.25) is 5.02 Å². The fraction of sp³-hybridized carbons (Fsp3) is 0.385. The lowest BCUT2D eigenvalue weighted by molar-refractivity contribution is 0.793. The van der Waals surface area contributed by atoms with Gasteiger partial charge in [0.1, 0.15) is 0 Å². The molecule has 0 radical (unpaired) electrons. The third kappa shape index (κ3) is 2.13. The summed E-state index contributed by atoms with van der Waals surface area (Å²) in [5, 5.41) is 5.12. The number of hydrogen-bond donors (Lipinski definition) is 1. The van der Waals surface area contributed by atoms with Gasteiger partial charge in [-0.15, -0.1) is 0 Å². The van der Waals surface area contributed by atoms with Crippen molar-refractivity contribution in [2.45, 2.75) is 33.7 Å². The van der Waals surface area contributed by atoms with E-state index in [1.807, 2.05) is 23.7 Å². The summed E-state index contributed by atoms with van der Waals surface area (Å²) < 4.78 is 1.85. The molecule has 18 heavy (non-hydrogen) atoms. The number of aromatic nitrogens is 3. The highest BCUT2D eigenvalue weighted by atomic mass is 35.5. The normalized spacial score (nSPS) is 10.9. The van der Waals surface area contributed by atoms with Crippen molar-refractivity contribution in [1.82, 2.24) is 14.8 Å². The third-order valence-electron chi connectivity index (χ3n) is 3.11. The predicted molar refractivity (Wildman–Crippen MR) is 73.1 cm³/mol. The summed E-state index contributed by atoms with van der Waals surface area (Å²) >= 11 is 6.02. The SMILES string of the molecule is CCc1c(C)nn(-c2ccc(Cl)c(CN)n2)c1C. The predicted octanol–water partition coefficient (Wildman–Crippen LogP) is 2.56. The molecule has 5 heteroatoms. The maximum Gasteiger partial charge on any atom is 0.154 e. The van der Waals surface area contributed by atoms with Gasteiger partial charge in [0.25, 0.3) is 0 Å². The van der Waals surface area contributed by atoms with Crippen molar-refractivity contribution in [3.8, 4) is 5.82 Å². The first-order valence-corrected chi connectivity index (χ1v) is 6.37. The van der Waals surface area contributed by atoms with Crippen LogP contribution in [0.4, 0.5) is 0 Å². The van der Waals surface area contributed by atoms with Crippen molar-refractivity contribution in [3.63, 3.8) is 0 Å². The summed E-state index contributed by atoms with van der Waals surface area (Å²) in [7, 11) is 0.